The number of fused-ring (bicyclic) bond motifs is 1. The van der Waals surface area contributed by atoms with Crippen LogP contribution in [0.2, 0.25) is 0 Å². The van der Waals surface area contributed by atoms with Crippen LogP contribution in [0.5, 0.6) is 5.75 Å². The molecule has 2 aromatic heterocycles. The van der Waals surface area contributed by atoms with Crippen molar-refractivity contribution in [3.63, 3.8) is 0 Å². The van der Waals surface area contributed by atoms with Crippen LogP contribution in [0, 0.1) is 13.8 Å². The maximum atomic E-state index is 5.83. The normalized spacial score (nSPS) is 11.2. The van der Waals surface area contributed by atoms with E-state index in [0.717, 1.165) is 33.0 Å². The van der Waals surface area contributed by atoms with Crippen molar-refractivity contribution >= 4 is 28.1 Å². The summed E-state index contributed by atoms with van der Waals surface area (Å²) in [7, 11) is 0. The summed E-state index contributed by atoms with van der Waals surface area (Å²) >= 11 is 3.34. The number of thioether (sulfide) groups is 1. The van der Waals surface area contributed by atoms with Crippen molar-refractivity contribution in [1.82, 2.24) is 19.8 Å². The monoisotopic (exact) mass is 334 g/mol. The highest BCUT2D eigenvalue weighted by Gasteiger charge is 2.12. The van der Waals surface area contributed by atoms with Gasteiger partial charge < -0.3 is 4.74 Å². The molecule has 2 heterocycles. The topological polar surface area (TPSA) is 52.3 Å². The van der Waals surface area contributed by atoms with Gasteiger partial charge in [-0.15, -0.1) is 10.2 Å². The molecule has 0 unspecified atom stereocenters. The van der Waals surface area contributed by atoms with E-state index in [-0.39, 0.29) is 0 Å². The second-order valence-electron chi connectivity index (χ2n) is 4.98. The predicted octanol–water partition coefficient (Wildman–Crippen LogP) is 3.63. The summed E-state index contributed by atoms with van der Waals surface area (Å²) in [6.07, 6.45) is 0. The van der Waals surface area contributed by atoms with Crippen molar-refractivity contribution in [3.05, 3.63) is 40.2 Å². The number of hydrogen-bond donors (Lipinski definition) is 0. The van der Waals surface area contributed by atoms with Crippen LogP contribution in [0.15, 0.2) is 18.2 Å². The molecule has 0 aliphatic rings. The first-order valence-electron chi connectivity index (χ1n) is 7.15. The van der Waals surface area contributed by atoms with Gasteiger partial charge in [0, 0.05) is 0 Å². The van der Waals surface area contributed by atoms with Gasteiger partial charge in [-0.3, -0.25) is 0 Å². The lowest BCUT2D eigenvalue weighted by atomic mass is 10.1. The van der Waals surface area contributed by atoms with Crippen LogP contribution in [-0.4, -0.2) is 25.6 Å². The standard InChI is InChI=1S/C15H18N4OS2/c1-4-21-9-13-16-17-15-19(13)18-14(22-15)8-20-12-6-5-10(2)11(3)7-12/h5-7H,4,8-9H2,1-3H3. The molecule has 0 amide bonds. The average molecular weight is 334 g/mol. The predicted molar refractivity (Wildman–Crippen MR) is 90.7 cm³/mol. The minimum Gasteiger partial charge on any atom is -0.486 e. The average Bonchev–Trinajstić information content (AvgIpc) is 3.07. The summed E-state index contributed by atoms with van der Waals surface area (Å²) in [4.78, 5) is 0.824. The van der Waals surface area contributed by atoms with Crippen molar-refractivity contribution in [2.75, 3.05) is 5.75 Å². The van der Waals surface area contributed by atoms with Crippen LogP contribution in [0.4, 0.5) is 0 Å². The van der Waals surface area contributed by atoms with E-state index in [9.17, 15) is 0 Å². The van der Waals surface area contributed by atoms with Gasteiger partial charge >= 0.3 is 0 Å². The van der Waals surface area contributed by atoms with E-state index in [1.807, 2.05) is 22.3 Å². The molecule has 22 heavy (non-hydrogen) atoms. The molecule has 0 spiro atoms. The van der Waals surface area contributed by atoms with E-state index in [4.69, 9.17) is 4.74 Å². The highest BCUT2D eigenvalue weighted by atomic mass is 32.2. The lowest BCUT2D eigenvalue weighted by Crippen LogP contribution is -1.99. The Hall–Kier alpha value is -1.60. The van der Waals surface area contributed by atoms with E-state index in [2.05, 4.69) is 48.2 Å². The number of hydrogen-bond acceptors (Lipinski definition) is 6. The Kier molecular flexibility index (Phi) is 4.63. The maximum Gasteiger partial charge on any atom is 0.234 e. The summed E-state index contributed by atoms with van der Waals surface area (Å²) in [5.41, 5.74) is 2.50. The number of aryl methyl sites for hydroxylation is 2. The molecule has 0 N–H and O–H groups in total. The number of benzene rings is 1. The number of nitrogens with zero attached hydrogens (tertiary/aromatic N) is 4. The third kappa shape index (κ3) is 3.25. The second kappa shape index (κ2) is 6.66. The Bertz CT molecular complexity index is 781. The van der Waals surface area contributed by atoms with Gasteiger partial charge in [0.1, 0.15) is 12.4 Å². The zero-order valence-corrected chi connectivity index (χ0v) is 14.5. The van der Waals surface area contributed by atoms with E-state index < -0.39 is 0 Å². The Morgan fingerprint density at radius 2 is 2.09 bits per heavy atom. The maximum absolute atomic E-state index is 5.83. The first-order chi connectivity index (χ1) is 10.7. The molecular formula is C15H18N4OS2. The lowest BCUT2D eigenvalue weighted by Gasteiger charge is -2.06. The molecule has 116 valence electrons. The molecule has 5 nitrogen and oxygen atoms in total. The summed E-state index contributed by atoms with van der Waals surface area (Å²) in [6, 6.07) is 6.12. The summed E-state index contributed by atoms with van der Waals surface area (Å²) in [5.74, 6) is 3.66. The SMILES string of the molecule is CCSCc1nnc2sc(COc3ccc(C)c(C)c3)nn12. The van der Waals surface area contributed by atoms with Gasteiger partial charge in [0.2, 0.25) is 4.96 Å². The fraction of sp³-hybridized carbons (Fsp3) is 0.400. The number of rotatable bonds is 6. The lowest BCUT2D eigenvalue weighted by molar-refractivity contribution is 0.303. The van der Waals surface area contributed by atoms with Crippen molar-refractivity contribution in [3.8, 4) is 5.75 Å². The van der Waals surface area contributed by atoms with Gasteiger partial charge in [-0.1, -0.05) is 24.3 Å². The van der Waals surface area contributed by atoms with Crippen LogP contribution >= 0.6 is 23.1 Å². The minimum absolute atomic E-state index is 0.455. The molecule has 0 aliphatic heterocycles. The third-order valence-electron chi connectivity index (χ3n) is 3.37. The molecule has 3 aromatic rings. The largest absolute Gasteiger partial charge is 0.486 e. The highest BCUT2D eigenvalue weighted by molar-refractivity contribution is 7.98. The van der Waals surface area contributed by atoms with Gasteiger partial charge in [0.05, 0.1) is 5.75 Å². The van der Waals surface area contributed by atoms with E-state index in [0.29, 0.717) is 6.61 Å². The fourth-order valence-electron chi connectivity index (χ4n) is 1.99. The molecule has 0 fully saturated rings. The van der Waals surface area contributed by atoms with Gasteiger partial charge in [-0.2, -0.15) is 21.4 Å². The molecule has 0 bridgehead atoms. The molecule has 1 aromatic carbocycles. The first kappa shape index (κ1) is 15.3. The fourth-order valence-corrected chi connectivity index (χ4v) is 3.32. The Morgan fingerprint density at radius 1 is 1.23 bits per heavy atom. The van der Waals surface area contributed by atoms with Crippen LogP contribution in [-0.2, 0) is 12.4 Å². The van der Waals surface area contributed by atoms with E-state index in [1.54, 1.807) is 0 Å². The Morgan fingerprint density at radius 3 is 2.86 bits per heavy atom. The Balaban J connectivity index is 1.71. The summed E-state index contributed by atoms with van der Waals surface area (Å²) in [6.45, 7) is 6.77. The summed E-state index contributed by atoms with van der Waals surface area (Å²) in [5, 5.41) is 13.8. The number of ether oxygens (including phenoxy) is 1. The third-order valence-corrected chi connectivity index (χ3v) is 5.12. The van der Waals surface area contributed by atoms with Crippen LogP contribution in [0.25, 0.3) is 4.96 Å². The van der Waals surface area contributed by atoms with Gasteiger partial charge in [-0.05, 0) is 42.9 Å². The van der Waals surface area contributed by atoms with E-state index in [1.165, 1.54) is 22.5 Å². The molecule has 0 atom stereocenters. The quantitative estimate of drug-likeness (QED) is 0.689. The zero-order valence-electron chi connectivity index (χ0n) is 12.9. The molecule has 0 saturated heterocycles. The molecule has 7 heteroatoms. The summed E-state index contributed by atoms with van der Waals surface area (Å²) < 4.78 is 7.65. The highest BCUT2D eigenvalue weighted by Crippen LogP contribution is 2.21. The molecular weight excluding hydrogens is 316 g/mol. The van der Waals surface area contributed by atoms with E-state index >= 15 is 0 Å². The second-order valence-corrected chi connectivity index (χ2v) is 7.29. The van der Waals surface area contributed by atoms with Gasteiger partial charge in [0.25, 0.3) is 0 Å². The van der Waals surface area contributed by atoms with Crippen LogP contribution in [0.3, 0.4) is 0 Å². The van der Waals surface area contributed by atoms with Crippen LogP contribution in [0.1, 0.15) is 28.9 Å². The van der Waals surface area contributed by atoms with Crippen molar-refractivity contribution < 1.29 is 4.74 Å². The number of aromatic nitrogens is 4. The van der Waals surface area contributed by atoms with Crippen LogP contribution < -0.4 is 4.74 Å². The molecule has 3 rings (SSSR count). The van der Waals surface area contributed by atoms with Crippen molar-refractivity contribution in [2.45, 2.75) is 33.1 Å². The smallest absolute Gasteiger partial charge is 0.234 e. The first-order valence-corrected chi connectivity index (χ1v) is 9.12. The molecule has 0 radical (unpaired) electrons. The zero-order chi connectivity index (χ0) is 15.5. The molecule has 0 aliphatic carbocycles. The minimum atomic E-state index is 0.455. The molecule has 0 saturated carbocycles. The van der Waals surface area contributed by atoms with Crippen molar-refractivity contribution in [2.24, 2.45) is 0 Å². The van der Waals surface area contributed by atoms with Crippen molar-refractivity contribution in [1.29, 1.82) is 0 Å². The Labute approximate surface area is 137 Å². The van der Waals surface area contributed by atoms with Gasteiger partial charge in [-0.25, -0.2) is 0 Å². The van der Waals surface area contributed by atoms with Gasteiger partial charge in [0.15, 0.2) is 10.8 Å².